The topological polar surface area (TPSA) is 64.1 Å². The quantitative estimate of drug-likeness (QED) is 0.414. The van der Waals surface area contributed by atoms with Crippen molar-refractivity contribution in [1.82, 2.24) is 9.55 Å². The summed E-state index contributed by atoms with van der Waals surface area (Å²) in [5, 5.41) is 2.54. The largest absolute Gasteiger partial charge is 0.407 e. The van der Waals surface area contributed by atoms with Gasteiger partial charge < -0.3 is 8.99 Å². The lowest BCUT2D eigenvalue weighted by molar-refractivity contribution is 0.285. The van der Waals surface area contributed by atoms with Gasteiger partial charge in [0.15, 0.2) is 0 Å². The second kappa shape index (κ2) is 10.1. The van der Waals surface area contributed by atoms with Gasteiger partial charge >= 0.3 is 5.69 Å². The van der Waals surface area contributed by atoms with Crippen molar-refractivity contribution in [3.8, 4) is 0 Å². The molecule has 0 atom stereocenters. The molecule has 2 aromatic carbocycles. The van der Waals surface area contributed by atoms with E-state index in [4.69, 9.17) is 4.43 Å². The number of rotatable bonds is 9. The molecule has 0 radical (unpaired) electrons. The van der Waals surface area contributed by atoms with Gasteiger partial charge in [0.2, 0.25) is 0 Å². The van der Waals surface area contributed by atoms with E-state index in [1.54, 1.807) is 10.8 Å². The van der Waals surface area contributed by atoms with Crippen molar-refractivity contribution in [3.05, 3.63) is 93.8 Å². The molecular weight excluding hydrogens is 404 g/mol. The summed E-state index contributed by atoms with van der Waals surface area (Å²) in [6, 6.07) is 22.7. The Morgan fingerprint density at radius 1 is 0.839 bits per heavy atom. The van der Waals surface area contributed by atoms with Gasteiger partial charge in [-0.3, -0.25) is 9.78 Å². The van der Waals surface area contributed by atoms with E-state index in [-0.39, 0.29) is 16.3 Å². The second-order valence-electron chi connectivity index (χ2n) is 8.88. The van der Waals surface area contributed by atoms with Gasteiger partial charge in [-0.25, -0.2) is 4.79 Å². The van der Waals surface area contributed by atoms with Crippen LogP contribution in [-0.2, 0) is 11.0 Å². The number of nitrogens with zero attached hydrogens (tertiary/aromatic N) is 1. The first kappa shape index (κ1) is 23.0. The Bertz CT molecular complexity index is 1030. The Balaban J connectivity index is 1.71. The number of aromatic nitrogens is 2. The zero-order valence-electron chi connectivity index (χ0n) is 18.6. The summed E-state index contributed by atoms with van der Waals surface area (Å²) in [6.45, 7) is 8.11. The molecule has 1 N–H and O–H groups in total. The molecule has 0 aliphatic rings. The maximum Gasteiger partial charge on any atom is 0.328 e. The van der Waals surface area contributed by atoms with Gasteiger partial charge in [-0.05, 0) is 34.7 Å². The fourth-order valence-corrected chi connectivity index (χ4v) is 8.77. The molecule has 0 unspecified atom stereocenters. The number of aromatic amines is 1. The highest BCUT2D eigenvalue weighted by molar-refractivity contribution is 6.99. The number of hydrogen-bond donors (Lipinski definition) is 1. The van der Waals surface area contributed by atoms with Crippen LogP contribution in [0.2, 0.25) is 5.04 Å². The minimum Gasteiger partial charge on any atom is -0.407 e. The summed E-state index contributed by atoms with van der Waals surface area (Å²) in [4.78, 5) is 25.3. The number of H-pyrrole nitrogens is 1. The number of aryl methyl sites for hydroxylation is 1. The first-order chi connectivity index (χ1) is 14.8. The zero-order chi connectivity index (χ0) is 22.3. The van der Waals surface area contributed by atoms with E-state index < -0.39 is 8.32 Å². The normalized spacial score (nSPS) is 12.1. The Morgan fingerprint density at radius 2 is 1.42 bits per heavy atom. The Labute approximate surface area is 184 Å². The predicted molar refractivity (Wildman–Crippen MR) is 129 cm³/mol. The molecule has 1 aromatic heterocycles. The van der Waals surface area contributed by atoms with Gasteiger partial charge in [0, 0.05) is 25.4 Å². The van der Waals surface area contributed by atoms with Crippen LogP contribution in [0, 0.1) is 0 Å². The molecule has 5 nitrogen and oxygen atoms in total. The fourth-order valence-electron chi connectivity index (χ4n) is 4.17. The summed E-state index contributed by atoms with van der Waals surface area (Å²) in [5.41, 5.74) is -0.712. The molecule has 0 fully saturated rings. The van der Waals surface area contributed by atoms with Crippen LogP contribution in [0.3, 0.4) is 0 Å². The third kappa shape index (κ3) is 5.32. The number of hydrogen-bond acceptors (Lipinski definition) is 3. The van der Waals surface area contributed by atoms with Crippen LogP contribution in [0.1, 0.15) is 40.0 Å². The van der Waals surface area contributed by atoms with Crippen molar-refractivity contribution in [2.24, 2.45) is 0 Å². The highest BCUT2D eigenvalue weighted by Gasteiger charge is 2.49. The minimum atomic E-state index is -2.48. The molecule has 0 aliphatic carbocycles. The maximum atomic E-state index is 11.8. The average molecular weight is 437 g/mol. The zero-order valence-corrected chi connectivity index (χ0v) is 19.6. The summed E-state index contributed by atoms with van der Waals surface area (Å²) >= 11 is 0. The van der Waals surface area contributed by atoms with E-state index in [0.29, 0.717) is 13.2 Å². The van der Waals surface area contributed by atoms with E-state index >= 15 is 0 Å². The van der Waals surface area contributed by atoms with E-state index in [9.17, 15) is 9.59 Å². The molecule has 0 bridgehead atoms. The standard InChI is InChI=1S/C25H32N2O3Si/c1-25(2,3)31(21-13-7-4-8-14-21,22-15-9-5-10-16-22)30-20-12-6-11-18-27-19-17-23(28)26-24(27)29/h4-5,7-10,13-17,19H,6,11-12,18,20H2,1-3H3,(H,26,28,29). The van der Waals surface area contributed by atoms with Gasteiger partial charge in [-0.2, -0.15) is 0 Å². The summed E-state index contributed by atoms with van der Waals surface area (Å²) < 4.78 is 8.43. The van der Waals surface area contributed by atoms with Crippen molar-refractivity contribution in [2.45, 2.75) is 51.6 Å². The van der Waals surface area contributed by atoms with Gasteiger partial charge in [0.05, 0.1) is 0 Å². The van der Waals surface area contributed by atoms with E-state index in [0.717, 1.165) is 19.3 Å². The number of benzene rings is 2. The van der Waals surface area contributed by atoms with Crippen LogP contribution >= 0.6 is 0 Å². The van der Waals surface area contributed by atoms with E-state index in [2.05, 4.69) is 86.4 Å². The third-order valence-corrected chi connectivity index (χ3v) is 10.7. The lowest BCUT2D eigenvalue weighted by Gasteiger charge is -2.43. The van der Waals surface area contributed by atoms with Crippen LogP contribution < -0.4 is 21.6 Å². The Kier molecular flexibility index (Phi) is 7.46. The lowest BCUT2D eigenvalue weighted by atomic mass is 10.2. The Morgan fingerprint density at radius 3 is 1.94 bits per heavy atom. The van der Waals surface area contributed by atoms with Gasteiger partial charge in [-0.15, -0.1) is 0 Å². The first-order valence-corrected chi connectivity index (χ1v) is 12.8. The summed E-state index contributed by atoms with van der Waals surface area (Å²) in [6.07, 6.45) is 4.28. The molecular formula is C25H32N2O3Si. The highest BCUT2D eigenvalue weighted by atomic mass is 28.4. The molecule has 0 saturated carbocycles. The Hall–Kier alpha value is -2.70. The SMILES string of the molecule is CC(C)(C)[Si](OCCCCCn1ccc(=O)[nH]c1=O)(c1ccccc1)c1ccccc1. The van der Waals surface area contributed by atoms with Crippen molar-refractivity contribution < 1.29 is 4.43 Å². The van der Waals surface area contributed by atoms with Gasteiger partial charge in [-0.1, -0.05) is 81.4 Å². The lowest BCUT2D eigenvalue weighted by Crippen LogP contribution is -2.66. The van der Waals surface area contributed by atoms with Crippen LogP contribution in [-0.4, -0.2) is 24.5 Å². The van der Waals surface area contributed by atoms with Crippen molar-refractivity contribution in [3.63, 3.8) is 0 Å². The predicted octanol–water partition coefficient (Wildman–Crippen LogP) is 3.28. The van der Waals surface area contributed by atoms with Gasteiger partial charge in [0.1, 0.15) is 0 Å². The molecule has 3 aromatic rings. The molecule has 6 heteroatoms. The van der Waals surface area contributed by atoms with Gasteiger partial charge in [0.25, 0.3) is 13.9 Å². The van der Waals surface area contributed by atoms with Crippen molar-refractivity contribution in [1.29, 1.82) is 0 Å². The highest BCUT2D eigenvalue weighted by Crippen LogP contribution is 2.36. The molecule has 1 heterocycles. The van der Waals surface area contributed by atoms with Crippen molar-refractivity contribution >= 4 is 18.7 Å². The van der Waals surface area contributed by atoms with E-state index in [1.165, 1.54) is 16.4 Å². The molecule has 0 saturated heterocycles. The monoisotopic (exact) mass is 436 g/mol. The number of unbranched alkanes of at least 4 members (excludes halogenated alkanes) is 2. The van der Waals surface area contributed by atoms with Crippen LogP contribution in [0.4, 0.5) is 0 Å². The molecule has 0 amide bonds. The van der Waals surface area contributed by atoms with Crippen LogP contribution in [0.15, 0.2) is 82.5 Å². The van der Waals surface area contributed by atoms with Crippen molar-refractivity contribution in [2.75, 3.05) is 6.61 Å². The van der Waals surface area contributed by atoms with Crippen LogP contribution in [0.5, 0.6) is 0 Å². The van der Waals surface area contributed by atoms with E-state index in [1.807, 2.05) is 0 Å². The fraction of sp³-hybridized carbons (Fsp3) is 0.360. The number of nitrogens with one attached hydrogen (secondary N) is 1. The molecule has 0 aliphatic heterocycles. The third-order valence-electron chi connectivity index (χ3n) is 5.68. The molecule has 31 heavy (non-hydrogen) atoms. The molecule has 0 spiro atoms. The average Bonchev–Trinajstić information content (AvgIpc) is 2.75. The first-order valence-electron chi connectivity index (χ1n) is 10.9. The second-order valence-corrected chi connectivity index (χ2v) is 13.2. The van der Waals surface area contributed by atoms with Crippen LogP contribution in [0.25, 0.3) is 0 Å². The molecule has 3 rings (SSSR count). The summed E-state index contributed by atoms with van der Waals surface area (Å²) in [5.74, 6) is 0. The minimum absolute atomic E-state index is 0.0288. The summed E-state index contributed by atoms with van der Waals surface area (Å²) in [7, 11) is -2.48. The smallest absolute Gasteiger partial charge is 0.328 e. The maximum absolute atomic E-state index is 11.8. The molecule has 164 valence electrons.